The van der Waals surface area contributed by atoms with Gasteiger partial charge < -0.3 is 9.84 Å². The van der Waals surface area contributed by atoms with Crippen LogP contribution < -0.4 is 4.74 Å². The number of phenols is 1. The highest BCUT2D eigenvalue weighted by atomic mass is 19.1. The van der Waals surface area contributed by atoms with Crippen molar-refractivity contribution in [1.82, 2.24) is 4.98 Å². The number of halogens is 1. The van der Waals surface area contributed by atoms with Crippen LogP contribution in [0.15, 0.2) is 73.1 Å². The molecule has 1 N–H and O–H groups in total. The lowest BCUT2D eigenvalue weighted by Crippen LogP contribution is -2.00. The molecule has 0 aliphatic heterocycles. The molecule has 0 fully saturated rings. The van der Waals surface area contributed by atoms with E-state index in [9.17, 15) is 14.3 Å². The maximum atomic E-state index is 13.0. The number of phenolic OH excluding ortho intramolecular Hbond substituents is 1. The molecule has 2 aromatic carbocycles. The van der Waals surface area contributed by atoms with E-state index in [2.05, 4.69) is 4.98 Å². The Balaban J connectivity index is 1.59. The minimum absolute atomic E-state index is 0.106. The topological polar surface area (TPSA) is 59.4 Å². The average Bonchev–Trinajstić information content (AvgIpc) is 2.68. The van der Waals surface area contributed by atoms with Crippen LogP contribution in [0.1, 0.15) is 16.7 Å². The smallest absolute Gasteiger partial charge is 0.164 e. The maximum Gasteiger partial charge on any atom is 0.164 e. The summed E-state index contributed by atoms with van der Waals surface area (Å²) in [5, 5.41) is 9.35. The number of allylic oxidation sites excluding steroid dienone is 1. The molecule has 0 atom stereocenters. The van der Waals surface area contributed by atoms with E-state index < -0.39 is 11.6 Å². The fourth-order valence-electron chi connectivity index (χ4n) is 2.47. The Kier molecular flexibility index (Phi) is 5.94. The number of benzene rings is 2. The fraction of sp³-hybridized carbons (Fsp3) is 0.0909. The van der Waals surface area contributed by atoms with Crippen molar-refractivity contribution < 1.29 is 19.0 Å². The Hall–Kier alpha value is -3.47. The highest BCUT2D eigenvalue weighted by Crippen LogP contribution is 2.18. The number of nitrogens with zero attached hydrogens (tertiary/aromatic N) is 1. The van der Waals surface area contributed by atoms with Gasteiger partial charge in [0, 0.05) is 18.8 Å². The maximum absolute atomic E-state index is 13.0. The monoisotopic (exact) mass is 363 g/mol. The van der Waals surface area contributed by atoms with E-state index in [0.717, 1.165) is 17.2 Å². The van der Waals surface area contributed by atoms with E-state index in [1.807, 2.05) is 36.4 Å². The summed E-state index contributed by atoms with van der Waals surface area (Å²) in [6.45, 7) is 0.424. The summed E-state index contributed by atoms with van der Waals surface area (Å²) in [7, 11) is 0. The van der Waals surface area contributed by atoms with Crippen LogP contribution in [0.5, 0.6) is 11.5 Å². The van der Waals surface area contributed by atoms with Crippen molar-refractivity contribution in [3.63, 3.8) is 0 Å². The Labute approximate surface area is 156 Å². The van der Waals surface area contributed by atoms with Gasteiger partial charge in [-0.1, -0.05) is 24.3 Å². The minimum atomic E-state index is -0.693. The molecule has 0 radical (unpaired) electrons. The quantitative estimate of drug-likeness (QED) is 0.635. The molecule has 1 aromatic heterocycles. The van der Waals surface area contributed by atoms with Gasteiger partial charge in [-0.3, -0.25) is 9.78 Å². The molecule has 4 nitrogen and oxygen atoms in total. The third kappa shape index (κ3) is 5.51. The van der Waals surface area contributed by atoms with E-state index in [1.165, 1.54) is 18.2 Å². The molecule has 136 valence electrons. The summed E-state index contributed by atoms with van der Waals surface area (Å²) in [4.78, 5) is 16.1. The number of aromatic hydroxyl groups is 1. The molecule has 0 aliphatic carbocycles. The first-order valence-corrected chi connectivity index (χ1v) is 8.40. The van der Waals surface area contributed by atoms with Gasteiger partial charge in [0.25, 0.3) is 0 Å². The highest BCUT2D eigenvalue weighted by molar-refractivity contribution is 5.95. The summed E-state index contributed by atoms with van der Waals surface area (Å²) in [5.41, 5.74) is 2.40. The van der Waals surface area contributed by atoms with Crippen molar-refractivity contribution >= 4 is 11.9 Å². The lowest BCUT2D eigenvalue weighted by molar-refractivity contribution is -0.113. The number of ether oxygens (including phenoxy) is 1. The van der Waals surface area contributed by atoms with Crippen molar-refractivity contribution in [2.45, 2.75) is 13.0 Å². The van der Waals surface area contributed by atoms with Gasteiger partial charge in [0.05, 0.1) is 0 Å². The second-order valence-electron chi connectivity index (χ2n) is 5.98. The molecule has 3 aromatic rings. The summed E-state index contributed by atoms with van der Waals surface area (Å²) in [5.74, 6) is -0.555. The first-order valence-electron chi connectivity index (χ1n) is 8.40. The van der Waals surface area contributed by atoms with E-state index in [1.54, 1.807) is 18.5 Å². The van der Waals surface area contributed by atoms with Gasteiger partial charge in [0.15, 0.2) is 17.3 Å². The third-order valence-electron chi connectivity index (χ3n) is 3.86. The van der Waals surface area contributed by atoms with Gasteiger partial charge in [-0.05, 0) is 59.2 Å². The first-order chi connectivity index (χ1) is 13.1. The van der Waals surface area contributed by atoms with Gasteiger partial charge in [-0.15, -0.1) is 0 Å². The summed E-state index contributed by atoms with van der Waals surface area (Å²) in [6, 6.07) is 15.0. The largest absolute Gasteiger partial charge is 0.505 e. The second-order valence-corrected chi connectivity index (χ2v) is 5.98. The lowest BCUT2D eigenvalue weighted by Gasteiger charge is -2.07. The van der Waals surface area contributed by atoms with Gasteiger partial charge in [-0.2, -0.15) is 0 Å². The number of ketones is 1. The number of carbonyl (C=O) groups is 1. The average molecular weight is 363 g/mol. The minimum Gasteiger partial charge on any atom is -0.505 e. The number of carbonyl (C=O) groups excluding carboxylic acids is 1. The molecule has 1 heterocycles. The molecule has 0 amide bonds. The number of pyridine rings is 1. The Morgan fingerprint density at radius 2 is 1.89 bits per heavy atom. The molecule has 0 unspecified atom stereocenters. The zero-order valence-corrected chi connectivity index (χ0v) is 14.5. The Bertz CT molecular complexity index is 955. The number of rotatable bonds is 7. The van der Waals surface area contributed by atoms with Crippen molar-refractivity contribution in [3.8, 4) is 11.5 Å². The van der Waals surface area contributed by atoms with E-state index in [4.69, 9.17) is 4.74 Å². The standard InChI is InChI=1S/C22H18FNO3/c23-21-7-5-16(14-22(21)26)4-6-19(25)12-18-2-1-3-20(13-18)27-15-17-8-10-24-11-9-17/h1-11,13-14,26H,12,15H2/b6-4+. The SMILES string of the molecule is O=C(/C=C/c1ccc(F)c(O)c1)Cc1cccc(OCc2ccncc2)c1. The second kappa shape index (κ2) is 8.76. The molecule has 0 saturated heterocycles. The van der Waals surface area contributed by atoms with E-state index >= 15 is 0 Å². The van der Waals surface area contributed by atoms with Crippen molar-refractivity contribution in [1.29, 1.82) is 0 Å². The van der Waals surface area contributed by atoms with Gasteiger partial charge in [0.1, 0.15) is 12.4 Å². The van der Waals surface area contributed by atoms with Crippen LogP contribution in [0.25, 0.3) is 6.08 Å². The van der Waals surface area contributed by atoms with Crippen LogP contribution in [0.4, 0.5) is 4.39 Å². The van der Waals surface area contributed by atoms with Crippen LogP contribution in [-0.4, -0.2) is 15.9 Å². The van der Waals surface area contributed by atoms with Crippen molar-refractivity contribution in [2.24, 2.45) is 0 Å². The third-order valence-corrected chi connectivity index (χ3v) is 3.86. The molecule has 3 rings (SSSR count). The van der Waals surface area contributed by atoms with Gasteiger partial charge in [0.2, 0.25) is 0 Å². The zero-order valence-electron chi connectivity index (χ0n) is 14.5. The molecule has 5 heteroatoms. The lowest BCUT2D eigenvalue weighted by atomic mass is 10.1. The Morgan fingerprint density at radius 1 is 1.07 bits per heavy atom. The predicted molar refractivity (Wildman–Crippen MR) is 101 cm³/mol. The summed E-state index contributed by atoms with van der Waals surface area (Å²) in [6.07, 6.45) is 6.60. The number of hydrogen-bond acceptors (Lipinski definition) is 4. The number of aromatic nitrogens is 1. The predicted octanol–water partition coefficient (Wildman–Crippen LogP) is 4.33. The molecule has 27 heavy (non-hydrogen) atoms. The van der Waals surface area contributed by atoms with Gasteiger partial charge >= 0.3 is 0 Å². The molecule has 0 bridgehead atoms. The van der Waals surface area contributed by atoms with E-state index in [-0.39, 0.29) is 12.2 Å². The molecular formula is C22H18FNO3. The van der Waals surface area contributed by atoms with Crippen LogP contribution in [-0.2, 0) is 17.8 Å². The molecule has 0 saturated carbocycles. The van der Waals surface area contributed by atoms with Crippen LogP contribution in [0.2, 0.25) is 0 Å². The molecular weight excluding hydrogens is 345 g/mol. The van der Waals surface area contributed by atoms with E-state index in [0.29, 0.717) is 17.9 Å². The summed E-state index contributed by atoms with van der Waals surface area (Å²) >= 11 is 0. The molecule has 0 aliphatic rings. The van der Waals surface area contributed by atoms with Crippen LogP contribution in [0.3, 0.4) is 0 Å². The Morgan fingerprint density at radius 3 is 2.67 bits per heavy atom. The number of hydrogen-bond donors (Lipinski definition) is 1. The van der Waals surface area contributed by atoms with Gasteiger partial charge in [-0.25, -0.2) is 4.39 Å². The van der Waals surface area contributed by atoms with Crippen molar-refractivity contribution in [2.75, 3.05) is 0 Å². The highest BCUT2D eigenvalue weighted by Gasteiger charge is 2.04. The normalized spacial score (nSPS) is 10.9. The first kappa shape index (κ1) is 18.3. The summed E-state index contributed by atoms with van der Waals surface area (Å²) < 4.78 is 18.8. The zero-order chi connectivity index (χ0) is 19.1. The van der Waals surface area contributed by atoms with Crippen LogP contribution >= 0.6 is 0 Å². The van der Waals surface area contributed by atoms with Crippen LogP contribution in [0, 0.1) is 5.82 Å². The van der Waals surface area contributed by atoms with Crippen molar-refractivity contribution in [3.05, 3.63) is 95.6 Å². The fourth-order valence-corrected chi connectivity index (χ4v) is 2.47. The molecule has 0 spiro atoms.